The molecule has 1 aliphatic carbocycles. The molecule has 0 spiro atoms. The van der Waals surface area contributed by atoms with Crippen LogP contribution in [0.2, 0.25) is 0 Å². The smallest absolute Gasteiger partial charge is 0.234 e. The van der Waals surface area contributed by atoms with Crippen LogP contribution < -0.4 is 11.1 Å². The first-order chi connectivity index (χ1) is 6.63. The Morgan fingerprint density at radius 3 is 2.57 bits per heavy atom. The largest absolute Gasteiger partial charge is 0.368 e. The van der Waals surface area contributed by atoms with Gasteiger partial charge in [0.15, 0.2) is 0 Å². The van der Waals surface area contributed by atoms with E-state index in [4.69, 9.17) is 5.73 Å². The van der Waals surface area contributed by atoms with Gasteiger partial charge in [0.25, 0.3) is 0 Å². The van der Waals surface area contributed by atoms with Crippen LogP contribution in [0.1, 0.15) is 32.6 Å². The highest BCUT2D eigenvalue weighted by Gasteiger charge is 2.36. The number of carbonyl (C=O) groups excluding carboxylic acids is 1. The number of nitrogens with one attached hydrogen (secondary N) is 1. The van der Waals surface area contributed by atoms with Crippen LogP contribution in [0.5, 0.6) is 0 Å². The molecule has 14 heavy (non-hydrogen) atoms. The van der Waals surface area contributed by atoms with Crippen LogP contribution in [0.25, 0.3) is 0 Å². The van der Waals surface area contributed by atoms with Crippen LogP contribution in [0.15, 0.2) is 0 Å². The van der Waals surface area contributed by atoms with Gasteiger partial charge in [-0.2, -0.15) is 11.8 Å². The number of rotatable bonds is 6. The van der Waals surface area contributed by atoms with E-state index >= 15 is 0 Å². The van der Waals surface area contributed by atoms with Crippen molar-refractivity contribution >= 4 is 17.7 Å². The minimum atomic E-state index is -0.233. The molecule has 1 rings (SSSR count). The molecule has 0 saturated heterocycles. The lowest BCUT2D eigenvalue weighted by atomic mass is 9.84. The topological polar surface area (TPSA) is 55.1 Å². The summed E-state index contributed by atoms with van der Waals surface area (Å²) >= 11 is 1.91. The number of hydrogen-bond acceptors (Lipinski definition) is 3. The van der Waals surface area contributed by atoms with Crippen molar-refractivity contribution in [2.75, 3.05) is 12.8 Å². The molecule has 1 unspecified atom stereocenters. The van der Waals surface area contributed by atoms with E-state index in [9.17, 15) is 4.79 Å². The number of carbonyl (C=O) groups is 1. The van der Waals surface area contributed by atoms with Crippen molar-refractivity contribution in [3.05, 3.63) is 0 Å². The molecule has 0 aliphatic heterocycles. The van der Waals surface area contributed by atoms with E-state index in [2.05, 4.69) is 11.6 Å². The Kier molecular flexibility index (Phi) is 4.26. The molecular formula is C10H20N2OS. The molecule has 0 aromatic rings. The summed E-state index contributed by atoms with van der Waals surface area (Å²) in [6.07, 6.45) is 6.76. The van der Waals surface area contributed by atoms with Crippen molar-refractivity contribution in [3.63, 3.8) is 0 Å². The average molecular weight is 216 g/mol. The number of hydrogen-bond donors (Lipinski definition) is 2. The van der Waals surface area contributed by atoms with E-state index in [0.29, 0.717) is 4.75 Å². The summed E-state index contributed by atoms with van der Waals surface area (Å²) < 4.78 is 0.378. The van der Waals surface area contributed by atoms with Gasteiger partial charge in [-0.3, -0.25) is 4.79 Å². The Labute approximate surface area is 90.2 Å². The Hall–Kier alpha value is -0.220. The maximum atomic E-state index is 11.0. The standard InChI is InChI=1S/C10H20N2OS/c1-3-8(9(11)13)12-7-10(14-2)5-4-6-10/h8,12H,3-7H2,1-2H3,(H2,11,13). The fourth-order valence-corrected chi connectivity index (χ4v) is 2.70. The molecule has 4 heteroatoms. The summed E-state index contributed by atoms with van der Waals surface area (Å²) in [4.78, 5) is 11.0. The third-order valence-corrected chi connectivity index (χ3v) is 4.54. The van der Waals surface area contributed by atoms with Gasteiger partial charge in [0.1, 0.15) is 0 Å². The van der Waals surface area contributed by atoms with Gasteiger partial charge in [0.05, 0.1) is 6.04 Å². The molecule has 1 amide bonds. The van der Waals surface area contributed by atoms with E-state index in [1.807, 2.05) is 18.7 Å². The molecule has 3 N–H and O–H groups in total. The first-order valence-corrected chi connectivity index (χ1v) is 6.44. The highest BCUT2D eigenvalue weighted by atomic mass is 32.2. The zero-order valence-electron chi connectivity index (χ0n) is 9.01. The highest BCUT2D eigenvalue weighted by molar-refractivity contribution is 8.00. The Balaban J connectivity index is 2.34. The van der Waals surface area contributed by atoms with Gasteiger partial charge in [-0.05, 0) is 25.5 Å². The van der Waals surface area contributed by atoms with Crippen LogP contribution >= 0.6 is 11.8 Å². The van der Waals surface area contributed by atoms with Gasteiger partial charge in [-0.15, -0.1) is 0 Å². The number of nitrogens with two attached hydrogens (primary N) is 1. The zero-order valence-corrected chi connectivity index (χ0v) is 9.82. The lowest BCUT2D eigenvalue weighted by Crippen LogP contribution is -2.50. The molecule has 1 saturated carbocycles. The van der Waals surface area contributed by atoms with Crippen LogP contribution in [-0.2, 0) is 4.79 Å². The first-order valence-electron chi connectivity index (χ1n) is 5.21. The molecule has 82 valence electrons. The minimum Gasteiger partial charge on any atom is -0.368 e. The highest BCUT2D eigenvalue weighted by Crippen LogP contribution is 2.42. The second-order valence-corrected chi connectivity index (χ2v) is 5.26. The van der Waals surface area contributed by atoms with Crippen LogP contribution in [0.4, 0.5) is 0 Å². The monoisotopic (exact) mass is 216 g/mol. The van der Waals surface area contributed by atoms with Gasteiger partial charge in [0.2, 0.25) is 5.91 Å². The zero-order chi connectivity index (χ0) is 10.6. The predicted octanol–water partition coefficient (Wildman–Crippen LogP) is 1.13. The normalized spacial score (nSPS) is 21.3. The maximum Gasteiger partial charge on any atom is 0.234 e. The molecule has 0 aromatic heterocycles. The average Bonchev–Trinajstić information content (AvgIpc) is 2.09. The van der Waals surface area contributed by atoms with Crippen LogP contribution in [0.3, 0.4) is 0 Å². The van der Waals surface area contributed by atoms with Crippen LogP contribution in [0, 0.1) is 0 Å². The summed E-state index contributed by atoms with van der Waals surface area (Å²) in [7, 11) is 0. The molecule has 0 bridgehead atoms. The van der Waals surface area contributed by atoms with Crippen molar-refractivity contribution in [2.24, 2.45) is 5.73 Å². The van der Waals surface area contributed by atoms with Crippen molar-refractivity contribution in [1.29, 1.82) is 0 Å². The van der Waals surface area contributed by atoms with Gasteiger partial charge >= 0.3 is 0 Å². The van der Waals surface area contributed by atoms with E-state index in [1.54, 1.807) is 0 Å². The summed E-state index contributed by atoms with van der Waals surface area (Å²) in [5.74, 6) is -0.233. The lowest BCUT2D eigenvalue weighted by molar-refractivity contribution is -0.120. The summed E-state index contributed by atoms with van der Waals surface area (Å²) in [5, 5.41) is 3.27. The molecule has 3 nitrogen and oxygen atoms in total. The molecule has 0 radical (unpaired) electrons. The number of thioether (sulfide) groups is 1. The van der Waals surface area contributed by atoms with E-state index in [0.717, 1.165) is 13.0 Å². The maximum absolute atomic E-state index is 11.0. The van der Waals surface area contributed by atoms with E-state index < -0.39 is 0 Å². The minimum absolute atomic E-state index is 0.153. The molecular weight excluding hydrogens is 196 g/mol. The third-order valence-electron chi connectivity index (χ3n) is 3.12. The first kappa shape index (κ1) is 11.9. The van der Waals surface area contributed by atoms with Crippen molar-refractivity contribution in [2.45, 2.75) is 43.4 Å². The summed E-state index contributed by atoms with van der Waals surface area (Å²) in [6, 6.07) is -0.153. The van der Waals surface area contributed by atoms with Crippen LogP contribution in [-0.4, -0.2) is 29.5 Å². The fraction of sp³-hybridized carbons (Fsp3) is 0.900. The Morgan fingerprint density at radius 2 is 2.29 bits per heavy atom. The molecule has 1 aliphatic rings. The second-order valence-electron chi connectivity index (χ2n) is 3.98. The van der Waals surface area contributed by atoms with Crippen molar-refractivity contribution in [3.8, 4) is 0 Å². The second kappa shape index (κ2) is 5.03. The quantitative estimate of drug-likeness (QED) is 0.699. The van der Waals surface area contributed by atoms with E-state index in [1.165, 1.54) is 19.3 Å². The Bertz CT molecular complexity index is 199. The lowest BCUT2D eigenvalue weighted by Gasteiger charge is -2.41. The summed E-state index contributed by atoms with van der Waals surface area (Å²) in [6.45, 7) is 2.89. The molecule has 1 atom stereocenters. The number of primary amides is 1. The molecule has 0 aromatic carbocycles. The Morgan fingerprint density at radius 1 is 1.64 bits per heavy atom. The van der Waals surface area contributed by atoms with E-state index in [-0.39, 0.29) is 11.9 Å². The molecule has 1 fully saturated rings. The van der Waals surface area contributed by atoms with Gasteiger partial charge in [-0.1, -0.05) is 13.3 Å². The summed E-state index contributed by atoms with van der Waals surface area (Å²) in [5.41, 5.74) is 5.27. The fourth-order valence-electron chi connectivity index (χ4n) is 1.78. The number of amides is 1. The SMILES string of the molecule is CCC(NCC1(SC)CCC1)C(N)=O. The van der Waals surface area contributed by atoms with Crippen molar-refractivity contribution < 1.29 is 4.79 Å². The van der Waals surface area contributed by atoms with Gasteiger partial charge in [-0.25, -0.2) is 0 Å². The third kappa shape index (κ3) is 2.64. The predicted molar refractivity (Wildman–Crippen MR) is 61.4 cm³/mol. The molecule has 0 heterocycles. The van der Waals surface area contributed by atoms with Crippen molar-refractivity contribution in [1.82, 2.24) is 5.32 Å². The van der Waals surface area contributed by atoms with Gasteiger partial charge in [0, 0.05) is 11.3 Å². The van der Waals surface area contributed by atoms with Gasteiger partial charge < -0.3 is 11.1 Å².